The van der Waals surface area contributed by atoms with Crippen molar-refractivity contribution >= 4 is 36.7 Å². The molecule has 1 saturated heterocycles. The van der Waals surface area contributed by atoms with Crippen LogP contribution in [-0.2, 0) is 30.1 Å². The van der Waals surface area contributed by atoms with Gasteiger partial charge in [0, 0.05) is 31.2 Å². The maximum Gasteiger partial charge on any atom is 0.342 e. The van der Waals surface area contributed by atoms with Crippen molar-refractivity contribution in [3.63, 3.8) is 0 Å². The van der Waals surface area contributed by atoms with Crippen LogP contribution in [-0.4, -0.2) is 61.7 Å². The third-order valence-electron chi connectivity index (χ3n) is 6.23. The highest BCUT2D eigenvalue weighted by Gasteiger charge is 2.62. The van der Waals surface area contributed by atoms with Gasteiger partial charge in [0.05, 0.1) is 15.3 Å². The van der Waals surface area contributed by atoms with Gasteiger partial charge < -0.3 is 10.4 Å². The van der Waals surface area contributed by atoms with E-state index in [1.165, 1.54) is 30.5 Å². The second kappa shape index (κ2) is 8.66. The second-order valence-corrected chi connectivity index (χ2v) is 13.4. The Morgan fingerprint density at radius 3 is 2.31 bits per heavy atom. The Bertz CT molecular complexity index is 1490. The number of pyridine rings is 1. The van der Waals surface area contributed by atoms with E-state index < -0.39 is 37.2 Å². The number of aromatic nitrogens is 1. The van der Waals surface area contributed by atoms with Gasteiger partial charge in [-0.15, -0.1) is 0 Å². The first-order valence-corrected chi connectivity index (χ1v) is 13.9. The molecule has 11 heteroatoms. The fourth-order valence-electron chi connectivity index (χ4n) is 4.28. The van der Waals surface area contributed by atoms with Gasteiger partial charge in [-0.1, -0.05) is 51.1 Å². The minimum absolute atomic E-state index is 0.0769. The first kappa shape index (κ1) is 25.2. The number of sulfonamides is 1. The van der Waals surface area contributed by atoms with Crippen LogP contribution in [0, 0.1) is 0 Å². The number of carboxylic acids is 1. The molecule has 0 spiro atoms. The molecule has 0 radical (unpaired) electrons. The fraction of sp³-hybridized carbons (Fsp3) is 0.333. The summed E-state index contributed by atoms with van der Waals surface area (Å²) in [4.78, 5) is 13.6. The van der Waals surface area contributed by atoms with Crippen LogP contribution in [0.3, 0.4) is 0 Å². The predicted molar refractivity (Wildman–Crippen MR) is 131 cm³/mol. The minimum atomic E-state index is -4.80. The van der Waals surface area contributed by atoms with Crippen LogP contribution in [0.2, 0.25) is 0 Å². The fourth-order valence-corrected chi connectivity index (χ4v) is 8.39. The number of fused-ring (bicyclic) bond motifs is 1. The summed E-state index contributed by atoms with van der Waals surface area (Å²) in [6, 6.07) is 13.7. The number of nitrogens with zero attached hydrogens (tertiary/aromatic N) is 2. The maximum atomic E-state index is 14.1. The molecule has 186 valence electrons. The van der Waals surface area contributed by atoms with E-state index >= 15 is 0 Å². The number of hydrogen-bond donors (Lipinski definition) is 2. The van der Waals surface area contributed by atoms with Crippen LogP contribution in [0.1, 0.15) is 26.3 Å². The average Bonchev–Trinajstić information content (AvgIpc) is 2.82. The summed E-state index contributed by atoms with van der Waals surface area (Å²) >= 11 is 0. The molecule has 35 heavy (non-hydrogen) atoms. The lowest BCUT2D eigenvalue weighted by atomic mass is 9.87. The van der Waals surface area contributed by atoms with Gasteiger partial charge in [-0.3, -0.25) is 4.98 Å². The Hall–Kier alpha value is -2.86. The normalized spacial score (nSPS) is 20.1. The Morgan fingerprint density at radius 2 is 1.69 bits per heavy atom. The zero-order chi connectivity index (χ0) is 25.6. The Balaban J connectivity index is 1.92. The van der Waals surface area contributed by atoms with Crippen molar-refractivity contribution in [2.75, 3.05) is 19.6 Å². The largest absolute Gasteiger partial charge is 0.479 e. The number of aliphatic carboxylic acids is 1. The lowest BCUT2D eigenvalue weighted by Gasteiger charge is -2.42. The molecule has 4 rings (SSSR count). The van der Waals surface area contributed by atoms with Gasteiger partial charge in [-0.05, 0) is 35.2 Å². The average molecular weight is 518 g/mol. The van der Waals surface area contributed by atoms with E-state index in [1.807, 2.05) is 20.8 Å². The van der Waals surface area contributed by atoms with E-state index in [0.717, 1.165) is 5.56 Å². The molecule has 1 fully saturated rings. The summed E-state index contributed by atoms with van der Waals surface area (Å²) in [5.41, 5.74) is 0.733. The van der Waals surface area contributed by atoms with Gasteiger partial charge >= 0.3 is 5.97 Å². The maximum absolute atomic E-state index is 14.1. The van der Waals surface area contributed by atoms with Crippen LogP contribution in [0.4, 0.5) is 0 Å². The third kappa shape index (κ3) is 4.02. The summed E-state index contributed by atoms with van der Waals surface area (Å²) in [6.45, 7) is 5.07. The summed E-state index contributed by atoms with van der Waals surface area (Å²) in [6.07, 6.45) is 1.40. The molecule has 1 aromatic heterocycles. The quantitative estimate of drug-likeness (QED) is 0.527. The van der Waals surface area contributed by atoms with Crippen molar-refractivity contribution in [1.29, 1.82) is 0 Å². The topological polar surface area (TPSA) is 134 Å². The molecule has 0 amide bonds. The molecule has 0 bridgehead atoms. The molecule has 2 heterocycles. The number of piperazine rings is 1. The van der Waals surface area contributed by atoms with Crippen LogP contribution in [0.25, 0.3) is 10.9 Å². The van der Waals surface area contributed by atoms with Crippen molar-refractivity contribution in [1.82, 2.24) is 14.6 Å². The molecule has 0 unspecified atom stereocenters. The molecule has 2 N–H and O–H groups in total. The molecule has 2 aromatic carbocycles. The van der Waals surface area contributed by atoms with Crippen LogP contribution in [0.5, 0.6) is 0 Å². The number of hydrogen-bond acceptors (Lipinski definition) is 7. The van der Waals surface area contributed by atoms with Crippen molar-refractivity contribution < 1.29 is 26.7 Å². The lowest BCUT2D eigenvalue weighted by Crippen LogP contribution is -2.70. The highest BCUT2D eigenvalue weighted by atomic mass is 32.2. The highest BCUT2D eigenvalue weighted by molar-refractivity contribution is 7.95. The highest BCUT2D eigenvalue weighted by Crippen LogP contribution is 2.38. The van der Waals surface area contributed by atoms with Crippen LogP contribution < -0.4 is 5.32 Å². The summed E-state index contributed by atoms with van der Waals surface area (Å²) in [5, 5.41) is 13.6. The van der Waals surface area contributed by atoms with E-state index in [1.54, 1.807) is 30.3 Å². The van der Waals surface area contributed by atoms with Gasteiger partial charge in [0.1, 0.15) is 0 Å². The van der Waals surface area contributed by atoms with E-state index in [9.17, 15) is 26.7 Å². The first-order valence-electron chi connectivity index (χ1n) is 11.0. The Labute approximate surface area is 204 Å². The van der Waals surface area contributed by atoms with E-state index in [0.29, 0.717) is 9.69 Å². The van der Waals surface area contributed by atoms with E-state index in [-0.39, 0.29) is 33.8 Å². The van der Waals surface area contributed by atoms with Gasteiger partial charge in [0.25, 0.3) is 4.87 Å². The predicted octanol–water partition coefficient (Wildman–Crippen LogP) is 2.38. The van der Waals surface area contributed by atoms with Crippen molar-refractivity contribution in [3.8, 4) is 0 Å². The number of sulfone groups is 1. The SMILES string of the molecule is CC(C)(C)c1ccc(S(=O)(=O)N2CCNC[C@]2(C(=O)O)S(=O)(=O)c2cccc3cccnc23)cc1. The molecule has 1 aliphatic rings. The monoisotopic (exact) mass is 517 g/mol. The molecule has 1 atom stereocenters. The molecule has 0 aliphatic carbocycles. The molecule has 9 nitrogen and oxygen atoms in total. The number of benzene rings is 2. The summed E-state index contributed by atoms with van der Waals surface area (Å²) < 4.78 is 56.3. The summed E-state index contributed by atoms with van der Waals surface area (Å²) in [7, 11) is -9.31. The Morgan fingerprint density at radius 1 is 1.03 bits per heavy atom. The zero-order valence-electron chi connectivity index (χ0n) is 19.6. The second-order valence-electron chi connectivity index (χ2n) is 9.45. The smallest absolute Gasteiger partial charge is 0.342 e. The van der Waals surface area contributed by atoms with Gasteiger partial charge in [-0.25, -0.2) is 21.6 Å². The summed E-state index contributed by atoms with van der Waals surface area (Å²) in [5.74, 6) is -1.78. The minimum Gasteiger partial charge on any atom is -0.479 e. The van der Waals surface area contributed by atoms with E-state index in [2.05, 4.69) is 10.3 Å². The van der Waals surface area contributed by atoms with Gasteiger partial charge in [0.15, 0.2) is 0 Å². The van der Waals surface area contributed by atoms with Crippen molar-refractivity contribution in [3.05, 3.63) is 66.4 Å². The van der Waals surface area contributed by atoms with Crippen molar-refractivity contribution in [2.45, 2.75) is 40.8 Å². The molecular weight excluding hydrogens is 490 g/mol. The molecule has 0 saturated carbocycles. The van der Waals surface area contributed by atoms with Crippen molar-refractivity contribution in [2.24, 2.45) is 0 Å². The molecule has 3 aromatic rings. The standard InChI is InChI=1S/C24H27N3O6S2/c1-23(2,3)18-9-11-19(12-10-18)35(32,33)27-15-14-25-16-24(27,22(28)29)34(30,31)20-8-4-6-17-7-5-13-26-21(17)20/h4-13,25H,14-16H2,1-3H3,(H,28,29)/t24-/m1/s1. The van der Waals surface area contributed by atoms with E-state index in [4.69, 9.17) is 0 Å². The third-order valence-corrected chi connectivity index (χ3v) is 10.6. The number of rotatable bonds is 5. The first-order chi connectivity index (χ1) is 16.3. The van der Waals surface area contributed by atoms with Crippen LogP contribution >= 0.6 is 0 Å². The number of para-hydroxylation sites is 1. The Kier molecular flexibility index (Phi) is 6.25. The van der Waals surface area contributed by atoms with Gasteiger partial charge in [0.2, 0.25) is 19.9 Å². The zero-order valence-corrected chi connectivity index (χ0v) is 21.2. The van der Waals surface area contributed by atoms with Crippen LogP contribution in [0.15, 0.2) is 70.6 Å². The molecular formula is C24H27N3O6S2. The van der Waals surface area contributed by atoms with Gasteiger partial charge in [-0.2, -0.15) is 4.31 Å². The number of carbonyl (C=O) groups is 1. The number of nitrogens with one attached hydrogen (secondary N) is 1. The number of carboxylic acid groups (broad SMARTS) is 1. The molecule has 1 aliphatic heterocycles. The lowest BCUT2D eigenvalue weighted by molar-refractivity contribution is -0.144.